The zero-order chi connectivity index (χ0) is 13.8. The highest BCUT2D eigenvalue weighted by Crippen LogP contribution is 2.18. The summed E-state index contributed by atoms with van der Waals surface area (Å²) >= 11 is 0. The van der Waals surface area contributed by atoms with Crippen molar-refractivity contribution >= 4 is 0 Å². The molecule has 0 spiro atoms. The maximum absolute atomic E-state index is 5.73. The maximum atomic E-state index is 5.73. The monoisotopic (exact) mass is 265 g/mol. The van der Waals surface area contributed by atoms with E-state index in [0.29, 0.717) is 24.7 Å². The van der Waals surface area contributed by atoms with Crippen molar-refractivity contribution in [1.82, 2.24) is 10.1 Å². The number of nitrogens with zero attached hydrogens (tertiary/aromatic N) is 2. The number of rotatable bonds is 4. The summed E-state index contributed by atoms with van der Waals surface area (Å²) in [5.41, 5.74) is 8.91. The molecule has 0 bridgehead atoms. The molecular formula is C16H15N3O. The standard InChI is InChI=1S/C16H15N3O/c17-11-14-9-5-4-8-13(14)10-15-18-16(19-20-15)12-6-2-1-3-7-12/h1-9H,10-11,17H2. The van der Waals surface area contributed by atoms with Crippen molar-refractivity contribution < 1.29 is 4.52 Å². The lowest BCUT2D eigenvalue weighted by Crippen LogP contribution is -2.02. The van der Waals surface area contributed by atoms with Gasteiger partial charge in [-0.05, 0) is 11.1 Å². The Bertz CT molecular complexity index is 692. The third-order valence-corrected chi connectivity index (χ3v) is 3.18. The van der Waals surface area contributed by atoms with Crippen molar-refractivity contribution in [2.45, 2.75) is 13.0 Å². The van der Waals surface area contributed by atoms with E-state index in [2.05, 4.69) is 10.1 Å². The molecule has 0 saturated heterocycles. The van der Waals surface area contributed by atoms with E-state index in [1.54, 1.807) is 0 Å². The maximum Gasteiger partial charge on any atom is 0.231 e. The highest BCUT2D eigenvalue weighted by Gasteiger charge is 2.10. The fourth-order valence-electron chi connectivity index (χ4n) is 2.12. The molecule has 0 saturated carbocycles. The summed E-state index contributed by atoms with van der Waals surface area (Å²) in [5.74, 6) is 1.22. The molecule has 20 heavy (non-hydrogen) atoms. The van der Waals surface area contributed by atoms with Crippen LogP contribution >= 0.6 is 0 Å². The van der Waals surface area contributed by atoms with E-state index in [0.717, 1.165) is 16.7 Å². The van der Waals surface area contributed by atoms with Gasteiger partial charge in [0.05, 0.1) is 6.42 Å². The van der Waals surface area contributed by atoms with Crippen molar-refractivity contribution in [2.75, 3.05) is 0 Å². The Morgan fingerprint density at radius 2 is 1.60 bits per heavy atom. The van der Waals surface area contributed by atoms with E-state index in [1.165, 1.54) is 0 Å². The number of hydrogen-bond donors (Lipinski definition) is 1. The van der Waals surface area contributed by atoms with Gasteiger partial charge >= 0.3 is 0 Å². The number of benzene rings is 2. The second-order valence-corrected chi connectivity index (χ2v) is 4.53. The summed E-state index contributed by atoms with van der Waals surface area (Å²) in [4.78, 5) is 4.43. The summed E-state index contributed by atoms with van der Waals surface area (Å²) in [5, 5.41) is 4.02. The molecule has 0 aliphatic heterocycles. The third-order valence-electron chi connectivity index (χ3n) is 3.18. The van der Waals surface area contributed by atoms with E-state index in [4.69, 9.17) is 10.3 Å². The van der Waals surface area contributed by atoms with Gasteiger partial charge in [0.2, 0.25) is 11.7 Å². The predicted molar refractivity (Wildman–Crippen MR) is 76.9 cm³/mol. The van der Waals surface area contributed by atoms with Crippen LogP contribution in [0.1, 0.15) is 17.0 Å². The van der Waals surface area contributed by atoms with Crippen molar-refractivity contribution in [1.29, 1.82) is 0 Å². The second-order valence-electron chi connectivity index (χ2n) is 4.53. The van der Waals surface area contributed by atoms with Crippen LogP contribution < -0.4 is 5.73 Å². The summed E-state index contributed by atoms with van der Waals surface area (Å²) in [7, 11) is 0. The Hall–Kier alpha value is -2.46. The minimum atomic E-state index is 0.510. The smallest absolute Gasteiger partial charge is 0.231 e. The van der Waals surface area contributed by atoms with Gasteiger partial charge in [0.15, 0.2) is 0 Å². The lowest BCUT2D eigenvalue weighted by Gasteiger charge is -2.03. The van der Waals surface area contributed by atoms with Crippen molar-refractivity contribution in [3.8, 4) is 11.4 Å². The van der Waals surface area contributed by atoms with Crippen molar-refractivity contribution in [3.63, 3.8) is 0 Å². The first-order valence-electron chi connectivity index (χ1n) is 6.51. The molecule has 0 unspecified atom stereocenters. The Kier molecular flexibility index (Phi) is 3.56. The Balaban J connectivity index is 1.84. The predicted octanol–water partition coefficient (Wildman–Crippen LogP) is 2.79. The van der Waals surface area contributed by atoms with Gasteiger partial charge in [-0.25, -0.2) is 0 Å². The molecule has 4 heteroatoms. The lowest BCUT2D eigenvalue weighted by atomic mass is 10.0. The van der Waals surface area contributed by atoms with E-state index in [1.807, 2.05) is 54.6 Å². The SMILES string of the molecule is NCc1ccccc1Cc1nc(-c2ccccc2)no1. The van der Waals surface area contributed by atoms with Crippen LogP contribution in [0.3, 0.4) is 0 Å². The minimum Gasteiger partial charge on any atom is -0.339 e. The van der Waals surface area contributed by atoms with Crippen LogP contribution in [0, 0.1) is 0 Å². The van der Waals surface area contributed by atoms with E-state index >= 15 is 0 Å². The molecule has 1 aromatic heterocycles. The molecule has 0 fully saturated rings. The van der Waals surface area contributed by atoms with E-state index < -0.39 is 0 Å². The molecule has 0 atom stereocenters. The van der Waals surface area contributed by atoms with Gasteiger partial charge in [-0.3, -0.25) is 0 Å². The van der Waals surface area contributed by atoms with Crippen LogP contribution in [0.15, 0.2) is 59.1 Å². The minimum absolute atomic E-state index is 0.510. The summed E-state index contributed by atoms with van der Waals surface area (Å²) in [6.07, 6.45) is 0.604. The quantitative estimate of drug-likeness (QED) is 0.787. The van der Waals surface area contributed by atoms with Gasteiger partial charge in [0.1, 0.15) is 0 Å². The Labute approximate surface area is 117 Å². The summed E-state index contributed by atoms with van der Waals surface area (Å²) < 4.78 is 5.32. The molecule has 3 rings (SSSR count). The highest BCUT2D eigenvalue weighted by atomic mass is 16.5. The van der Waals surface area contributed by atoms with Crippen LogP contribution in [0.4, 0.5) is 0 Å². The van der Waals surface area contributed by atoms with Crippen LogP contribution in [-0.2, 0) is 13.0 Å². The summed E-state index contributed by atoms with van der Waals surface area (Å²) in [6.45, 7) is 0.510. The van der Waals surface area contributed by atoms with E-state index in [9.17, 15) is 0 Å². The second kappa shape index (κ2) is 5.67. The van der Waals surface area contributed by atoms with Crippen LogP contribution in [-0.4, -0.2) is 10.1 Å². The number of nitrogens with two attached hydrogens (primary N) is 1. The van der Waals surface area contributed by atoms with E-state index in [-0.39, 0.29) is 0 Å². The first-order chi connectivity index (χ1) is 9.86. The number of hydrogen-bond acceptors (Lipinski definition) is 4. The van der Waals surface area contributed by atoms with Crippen LogP contribution in [0.5, 0.6) is 0 Å². The fraction of sp³-hybridized carbons (Fsp3) is 0.125. The molecule has 2 aromatic carbocycles. The topological polar surface area (TPSA) is 64.9 Å². The molecule has 0 aliphatic rings. The normalized spacial score (nSPS) is 10.7. The van der Waals surface area contributed by atoms with Gasteiger partial charge in [0, 0.05) is 12.1 Å². The Morgan fingerprint density at radius 3 is 2.35 bits per heavy atom. The molecule has 0 aliphatic carbocycles. The van der Waals surface area contributed by atoms with Crippen molar-refractivity contribution in [2.24, 2.45) is 5.73 Å². The van der Waals surface area contributed by atoms with Gasteiger partial charge in [-0.15, -0.1) is 0 Å². The van der Waals surface area contributed by atoms with Gasteiger partial charge in [-0.2, -0.15) is 4.98 Å². The third kappa shape index (κ3) is 2.60. The van der Waals surface area contributed by atoms with Crippen LogP contribution in [0.2, 0.25) is 0 Å². The first-order valence-corrected chi connectivity index (χ1v) is 6.51. The van der Waals surface area contributed by atoms with Gasteiger partial charge < -0.3 is 10.3 Å². The molecule has 4 nitrogen and oxygen atoms in total. The molecule has 0 radical (unpaired) electrons. The molecule has 0 amide bonds. The molecule has 2 N–H and O–H groups in total. The molecule has 1 heterocycles. The fourth-order valence-corrected chi connectivity index (χ4v) is 2.12. The average Bonchev–Trinajstić information content (AvgIpc) is 2.97. The lowest BCUT2D eigenvalue weighted by molar-refractivity contribution is 0.385. The average molecular weight is 265 g/mol. The van der Waals surface area contributed by atoms with Crippen molar-refractivity contribution in [3.05, 3.63) is 71.6 Å². The molecular weight excluding hydrogens is 250 g/mol. The zero-order valence-corrected chi connectivity index (χ0v) is 11.0. The van der Waals surface area contributed by atoms with Gasteiger partial charge in [0.25, 0.3) is 0 Å². The summed E-state index contributed by atoms with van der Waals surface area (Å²) in [6, 6.07) is 17.8. The number of aromatic nitrogens is 2. The van der Waals surface area contributed by atoms with Gasteiger partial charge in [-0.1, -0.05) is 59.8 Å². The molecule has 3 aromatic rings. The first kappa shape index (κ1) is 12.6. The zero-order valence-electron chi connectivity index (χ0n) is 11.0. The highest BCUT2D eigenvalue weighted by molar-refractivity contribution is 5.53. The largest absolute Gasteiger partial charge is 0.339 e. The van der Waals surface area contributed by atoms with Crippen LogP contribution in [0.25, 0.3) is 11.4 Å². The Morgan fingerprint density at radius 1 is 0.900 bits per heavy atom. The molecule has 100 valence electrons.